The first-order chi connectivity index (χ1) is 22.1. The monoisotopic (exact) mass is 674 g/mol. The Hall–Kier alpha value is -0.800. The molecule has 2 rings (SSSR count). The van der Waals surface area contributed by atoms with Crippen LogP contribution in [0.15, 0.2) is 53.4 Å². The molecule has 0 saturated heterocycles. The van der Waals surface area contributed by atoms with Crippen LogP contribution in [0.2, 0.25) is 0 Å². The normalized spacial score (nSPS) is 12.8. The molecule has 0 aromatic heterocycles. The van der Waals surface area contributed by atoms with E-state index in [9.17, 15) is 4.89 Å². The number of aryl methyl sites for hydroxylation is 2. The summed E-state index contributed by atoms with van der Waals surface area (Å²) >= 11 is 7.07. The molecule has 0 saturated carbocycles. The zero-order valence-corrected chi connectivity index (χ0v) is 31.7. The molecular weight excluding hydrogens is 608 g/mol. The van der Waals surface area contributed by atoms with Crippen LogP contribution in [0.1, 0.15) is 179 Å². The maximum absolute atomic E-state index is 11.3. The van der Waals surface area contributed by atoms with Crippen molar-refractivity contribution in [3.63, 3.8) is 0 Å². The predicted octanol–water partition coefficient (Wildman–Crippen LogP) is 14.6. The van der Waals surface area contributed by atoms with Crippen LogP contribution >= 0.6 is 17.1 Å². The van der Waals surface area contributed by atoms with Crippen LogP contribution in [0.4, 0.5) is 0 Å². The van der Waals surface area contributed by atoms with Gasteiger partial charge in [-0.15, -0.1) is 0 Å². The highest BCUT2D eigenvalue weighted by Crippen LogP contribution is 2.60. The molecule has 5 heteroatoms. The summed E-state index contributed by atoms with van der Waals surface area (Å²) in [5.41, 5.74) is -0.632. The van der Waals surface area contributed by atoms with Crippen molar-refractivity contribution in [2.24, 2.45) is 0 Å². The molecule has 0 aliphatic heterocycles. The molecule has 0 amide bonds. The van der Waals surface area contributed by atoms with Crippen molar-refractivity contribution in [1.82, 2.24) is 0 Å². The first-order valence-electron chi connectivity index (χ1n) is 18.9. The number of hydrogen-bond acceptors (Lipinski definition) is 3. The fraction of sp³-hybridized carbons (Fsp3) is 0.700. The maximum Gasteiger partial charge on any atom is 0.299 e. The summed E-state index contributed by atoms with van der Waals surface area (Å²) in [7, 11) is 0. The average Bonchev–Trinajstić information content (AvgIpc) is 3.03. The Balaban J connectivity index is 1.67. The predicted molar refractivity (Wildman–Crippen MR) is 205 cm³/mol. The smallest absolute Gasteiger partial charge is 0.299 e. The molecule has 0 fully saturated rings. The van der Waals surface area contributed by atoms with E-state index in [-0.39, 0.29) is 0 Å². The van der Waals surface area contributed by atoms with E-state index in [1.807, 2.05) is 18.2 Å². The lowest BCUT2D eigenvalue weighted by molar-refractivity contribution is 0.498. The van der Waals surface area contributed by atoms with E-state index in [1.54, 1.807) is 0 Å². The van der Waals surface area contributed by atoms with Crippen molar-refractivity contribution in [3.05, 3.63) is 59.7 Å². The van der Waals surface area contributed by atoms with E-state index >= 15 is 0 Å². The van der Waals surface area contributed by atoms with Gasteiger partial charge < -0.3 is 9.42 Å². The molecular formula is C40H67O2PS2. The van der Waals surface area contributed by atoms with Gasteiger partial charge in [0.2, 0.25) is 0 Å². The molecule has 1 N–H and O–H groups in total. The third kappa shape index (κ3) is 20.9. The number of rotatable bonds is 30. The van der Waals surface area contributed by atoms with Gasteiger partial charge in [-0.2, -0.15) is 0 Å². The summed E-state index contributed by atoms with van der Waals surface area (Å²) in [5.74, 6) is 0.761. The second-order valence-electron chi connectivity index (χ2n) is 13.1. The lowest BCUT2D eigenvalue weighted by Crippen LogP contribution is -1.96. The first kappa shape index (κ1) is 40.4. The van der Waals surface area contributed by atoms with Crippen molar-refractivity contribution >= 4 is 28.9 Å². The second kappa shape index (κ2) is 27.2. The maximum atomic E-state index is 11.3. The minimum absolute atomic E-state index is 0.761. The van der Waals surface area contributed by atoms with E-state index in [0.717, 1.165) is 29.9 Å². The standard InChI is InChI=1S/C40H67O2PS2/c1-3-5-7-9-11-13-15-17-19-21-23-25-31-37-32-27-29-35-39(37)42-43(41,44)45-40-36-30-28-34-38(40)33-26-24-22-20-18-16-14-12-10-8-6-4-2/h27-30,32,34-36H,3-26,31,33H2,1-2H3,(H,41,44). The molecule has 0 radical (unpaired) electrons. The van der Waals surface area contributed by atoms with Crippen LogP contribution in [0, 0.1) is 0 Å². The number of benzene rings is 2. The van der Waals surface area contributed by atoms with Crippen LogP contribution < -0.4 is 4.52 Å². The van der Waals surface area contributed by atoms with Crippen LogP contribution in [0.25, 0.3) is 0 Å². The molecule has 2 nitrogen and oxygen atoms in total. The van der Waals surface area contributed by atoms with E-state index in [1.165, 1.54) is 170 Å². The Labute approximate surface area is 288 Å². The van der Waals surface area contributed by atoms with Gasteiger partial charge >= 0.3 is 0 Å². The summed E-state index contributed by atoms with van der Waals surface area (Å²) in [6, 6.07) is 16.6. The summed E-state index contributed by atoms with van der Waals surface area (Å²) in [6.07, 6.45) is 34.5. The summed E-state index contributed by atoms with van der Waals surface area (Å²) in [4.78, 5) is 12.4. The van der Waals surface area contributed by atoms with Crippen LogP contribution in [0.5, 0.6) is 5.75 Å². The molecule has 2 aromatic carbocycles. The largest absolute Gasteiger partial charge is 0.436 e. The zero-order valence-electron chi connectivity index (χ0n) is 29.1. The lowest BCUT2D eigenvalue weighted by Gasteiger charge is -2.20. The number of para-hydroxylation sites is 1. The van der Waals surface area contributed by atoms with Gasteiger partial charge in [0.05, 0.1) is 0 Å². The van der Waals surface area contributed by atoms with Gasteiger partial charge in [0.1, 0.15) is 5.75 Å². The SMILES string of the molecule is CCCCCCCCCCCCCCc1ccccc1OP(O)(=S)Sc1ccccc1CCCCCCCCCCCCCC. The van der Waals surface area contributed by atoms with E-state index < -0.39 is 5.69 Å². The van der Waals surface area contributed by atoms with Gasteiger partial charge in [0, 0.05) is 4.90 Å². The summed E-state index contributed by atoms with van der Waals surface area (Å²) in [5, 5.41) is 0. The molecule has 0 spiro atoms. The van der Waals surface area contributed by atoms with Crippen LogP contribution in [0.3, 0.4) is 0 Å². The highest BCUT2D eigenvalue weighted by Gasteiger charge is 2.21. The Kier molecular flexibility index (Phi) is 24.4. The topological polar surface area (TPSA) is 29.5 Å². The van der Waals surface area contributed by atoms with Crippen LogP contribution in [-0.4, -0.2) is 4.89 Å². The number of hydrogen-bond donors (Lipinski definition) is 1. The third-order valence-electron chi connectivity index (χ3n) is 8.97. The van der Waals surface area contributed by atoms with Gasteiger partial charge in [-0.25, -0.2) is 0 Å². The minimum Gasteiger partial charge on any atom is -0.436 e. The van der Waals surface area contributed by atoms with Crippen molar-refractivity contribution in [1.29, 1.82) is 0 Å². The molecule has 1 atom stereocenters. The van der Waals surface area contributed by atoms with Gasteiger partial charge in [0.25, 0.3) is 5.69 Å². The molecule has 256 valence electrons. The van der Waals surface area contributed by atoms with Crippen molar-refractivity contribution in [3.8, 4) is 5.75 Å². The second-order valence-corrected chi connectivity index (χ2v) is 19.1. The molecule has 0 aliphatic carbocycles. The quantitative estimate of drug-likeness (QED) is 0.0660. The third-order valence-corrected chi connectivity index (χ3v) is 12.6. The zero-order chi connectivity index (χ0) is 32.3. The first-order valence-corrected chi connectivity index (χ1v) is 23.0. The molecule has 0 bridgehead atoms. The Morgan fingerprint density at radius 3 is 1.33 bits per heavy atom. The average molecular weight is 675 g/mol. The van der Waals surface area contributed by atoms with Crippen LogP contribution in [-0.2, 0) is 24.6 Å². The van der Waals surface area contributed by atoms with Gasteiger partial charge in [-0.3, -0.25) is 0 Å². The van der Waals surface area contributed by atoms with Gasteiger partial charge in [0.15, 0.2) is 0 Å². The van der Waals surface area contributed by atoms with Crippen molar-refractivity contribution in [2.45, 2.75) is 186 Å². The lowest BCUT2D eigenvalue weighted by atomic mass is 10.0. The van der Waals surface area contributed by atoms with E-state index in [4.69, 9.17) is 16.3 Å². The Bertz CT molecular complexity index is 949. The highest BCUT2D eigenvalue weighted by molar-refractivity contribution is 8.67. The molecule has 0 heterocycles. The minimum atomic E-state index is -3.08. The summed E-state index contributed by atoms with van der Waals surface area (Å²) in [6.45, 7) is 4.57. The fourth-order valence-corrected chi connectivity index (χ4v) is 9.91. The molecule has 1 unspecified atom stereocenters. The number of unbranched alkanes of at least 4 members (excludes halogenated alkanes) is 22. The Morgan fingerprint density at radius 2 is 0.867 bits per heavy atom. The van der Waals surface area contributed by atoms with Gasteiger partial charge in [-0.1, -0.05) is 192 Å². The van der Waals surface area contributed by atoms with E-state index in [2.05, 4.69) is 44.2 Å². The highest BCUT2D eigenvalue weighted by atomic mass is 32.9. The molecule has 2 aromatic rings. The van der Waals surface area contributed by atoms with Crippen molar-refractivity contribution in [2.75, 3.05) is 0 Å². The van der Waals surface area contributed by atoms with Crippen molar-refractivity contribution < 1.29 is 9.42 Å². The summed E-state index contributed by atoms with van der Waals surface area (Å²) < 4.78 is 6.21. The Morgan fingerprint density at radius 1 is 0.511 bits per heavy atom. The fourth-order valence-electron chi connectivity index (χ4n) is 6.18. The molecule has 0 aliphatic rings. The van der Waals surface area contributed by atoms with E-state index in [0.29, 0.717) is 0 Å². The molecule has 45 heavy (non-hydrogen) atoms. The van der Waals surface area contributed by atoms with Gasteiger partial charge in [-0.05, 0) is 72.1 Å².